The van der Waals surface area contributed by atoms with Crippen molar-refractivity contribution in [1.29, 1.82) is 0 Å². The third kappa shape index (κ3) is 7.10. The topological polar surface area (TPSA) is 114 Å². The predicted octanol–water partition coefficient (Wildman–Crippen LogP) is 4.17. The quantitative estimate of drug-likeness (QED) is 0.349. The van der Waals surface area contributed by atoms with Crippen LogP contribution in [0.2, 0.25) is 0 Å². The molecule has 2 heterocycles. The Hall–Kier alpha value is -2.81. The van der Waals surface area contributed by atoms with Crippen LogP contribution in [0.4, 0.5) is 11.4 Å². The van der Waals surface area contributed by atoms with Gasteiger partial charge in [-0.05, 0) is 69.5 Å². The SMILES string of the molecule is CC(C)n1nc(C(=O)NCC2CCNC(CC(=O)Nc3ccc(N)cc3)C2)c2ccccc21.Cl.Cl. The van der Waals surface area contributed by atoms with Gasteiger partial charge in [-0.2, -0.15) is 5.10 Å². The van der Waals surface area contributed by atoms with Crippen molar-refractivity contribution in [2.24, 2.45) is 5.92 Å². The molecule has 4 rings (SSSR count). The van der Waals surface area contributed by atoms with Gasteiger partial charge in [-0.3, -0.25) is 14.3 Å². The van der Waals surface area contributed by atoms with Crippen molar-refractivity contribution in [1.82, 2.24) is 20.4 Å². The van der Waals surface area contributed by atoms with Gasteiger partial charge in [0, 0.05) is 41.8 Å². The highest BCUT2D eigenvalue weighted by Crippen LogP contribution is 2.23. The van der Waals surface area contributed by atoms with Crippen LogP contribution < -0.4 is 21.7 Å². The van der Waals surface area contributed by atoms with E-state index in [0.717, 1.165) is 36.0 Å². The van der Waals surface area contributed by atoms with E-state index in [-0.39, 0.29) is 48.7 Å². The van der Waals surface area contributed by atoms with Crippen molar-refractivity contribution in [2.45, 2.75) is 45.2 Å². The van der Waals surface area contributed by atoms with Gasteiger partial charge in [0.15, 0.2) is 5.69 Å². The molecule has 8 nitrogen and oxygen atoms in total. The number of amides is 2. The number of rotatable bonds is 7. The molecule has 3 aromatic rings. The molecular weight excluding hydrogens is 487 g/mol. The van der Waals surface area contributed by atoms with Crippen LogP contribution in [0.15, 0.2) is 48.5 Å². The molecule has 2 aromatic carbocycles. The van der Waals surface area contributed by atoms with Gasteiger partial charge >= 0.3 is 0 Å². The van der Waals surface area contributed by atoms with E-state index in [1.165, 1.54) is 0 Å². The Morgan fingerprint density at radius 1 is 1.14 bits per heavy atom. The Bertz CT molecular complexity index is 1130. The summed E-state index contributed by atoms with van der Waals surface area (Å²) in [4.78, 5) is 25.4. The maximum atomic E-state index is 12.9. The Labute approximate surface area is 218 Å². The van der Waals surface area contributed by atoms with Gasteiger partial charge in [0.2, 0.25) is 5.91 Å². The van der Waals surface area contributed by atoms with E-state index in [1.54, 1.807) is 24.3 Å². The van der Waals surface area contributed by atoms with Gasteiger partial charge in [0.05, 0.1) is 5.52 Å². The zero-order chi connectivity index (χ0) is 23.4. The second kappa shape index (κ2) is 12.8. The van der Waals surface area contributed by atoms with Crippen molar-refractivity contribution in [3.05, 3.63) is 54.2 Å². The molecule has 5 N–H and O–H groups in total. The molecule has 1 aromatic heterocycles. The van der Waals surface area contributed by atoms with E-state index in [9.17, 15) is 9.59 Å². The minimum Gasteiger partial charge on any atom is -0.399 e. The number of halogens is 2. The van der Waals surface area contributed by atoms with Crippen LogP contribution in [-0.2, 0) is 4.79 Å². The molecule has 35 heavy (non-hydrogen) atoms. The fraction of sp³-hybridized carbons (Fsp3) is 0.400. The molecule has 0 radical (unpaired) electrons. The average molecular weight is 521 g/mol. The number of piperidine rings is 1. The monoisotopic (exact) mass is 520 g/mol. The van der Waals surface area contributed by atoms with Crippen LogP contribution in [0.25, 0.3) is 10.9 Å². The van der Waals surface area contributed by atoms with Gasteiger partial charge < -0.3 is 21.7 Å². The van der Waals surface area contributed by atoms with Crippen molar-refractivity contribution in [2.75, 3.05) is 24.1 Å². The minimum atomic E-state index is -0.151. The number of anilines is 2. The van der Waals surface area contributed by atoms with Crippen molar-refractivity contribution >= 4 is 58.9 Å². The Morgan fingerprint density at radius 2 is 1.86 bits per heavy atom. The molecule has 0 aliphatic carbocycles. The second-order valence-electron chi connectivity index (χ2n) is 9.03. The lowest BCUT2D eigenvalue weighted by molar-refractivity contribution is -0.116. The number of para-hydroxylation sites is 1. The first-order valence-electron chi connectivity index (χ1n) is 11.5. The lowest BCUT2D eigenvalue weighted by Crippen LogP contribution is -2.43. The highest BCUT2D eigenvalue weighted by atomic mass is 35.5. The van der Waals surface area contributed by atoms with Gasteiger partial charge in [-0.25, -0.2) is 0 Å². The van der Waals surface area contributed by atoms with E-state index >= 15 is 0 Å². The number of fused-ring (bicyclic) bond motifs is 1. The molecule has 1 saturated heterocycles. The normalized spacial score (nSPS) is 17.3. The second-order valence-corrected chi connectivity index (χ2v) is 9.03. The van der Waals surface area contributed by atoms with Gasteiger partial charge in [-0.15, -0.1) is 24.8 Å². The number of carbonyl (C=O) groups is 2. The number of benzene rings is 2. The fourth-order valence-corrected chi connectivity index (χ4v) is 4.41. The summed E-state index contributed by atoms with van der Waals surface area (Å²) < 4.78 is 1.89. The summed E-state index contributed by atoms with van der Waals surface area (Å²) in [6.45, 7) is 5.50. The van der Waals surface area contributed by atoms with E-state index < -0.39 is 0 Å². The summed E-state index contributed by atoms with van der Waals surface area (Å²) in [5.41, 5.74) is 8.52. The third-order valence-corrected chi connectivity index (χ3v) is 6.10. The molecule has 1 fully saturated rings. The maximum absolute atomic E-state index is 12.9. The summed E-state index contributed by atoms with van der Waals surface area (Å²) in [5, 5.41) is 14.9. The maximum Gasteiger partial charge on any atom is 0.272 e. The molecule has 1 aliphatic heterocycles. The smallest absolute Gasteiger partial charge is 0.272 e. The number of nitrogen functional groups attached to an aromatic ring is 1. The summed E-state index contributed by atoms with van der Waals surface area (Å²) in [5.74, 6) is 0.123. The van der Waals surface area contributed by atoms with Crippen LogP contribution in [0.5, 0.6) is 0 Å². The summed E-state index contributed by atoms with van der Waals surface area (Å²) in [7, 11) is 0. The Balaban J connectivity index is 0.00000216. The molecule has 2 atom stereocenters. The first-order valence-corrected chi connectivity index (χ1v) is 11.5. The average Bonchev–Trinajstić information content (AvgIpc) is 3.19. The largest absolute Gasteiger partial charge is 0.399 e. The van der Waals surface area contributed by atoms with E-state index in [2.05, 4.69) is 34.9 Å². The summed E-state index contributed by atoms with van der Waals surface area (Å²) in [6, 6.07) is 15.2. The van der Waals surface area contributed by atoms with Gasteiger partial charge in [0.1, 0.15) is 0 Å². The number of nitrogens with one attached hydrogen (secondary N) is 3. The molecule has 190 valence electrons. The number of nitrogens with zero attached hydrogens (tertiary/aromatic N) is 2. The van der Waals surface area contributed by atoms with Gasteiger partial charge in [-0.1, -0.05) is 18.2 Å². The summed E-state index contributed by atoms with van der Waals surface area (Å²) >= 11 is 0. The fourth-order valence-electron chi connectivity index (χ4n) is 4.41. The molecule has 0 bridgehead atoms. The molecule has 10 heteroatoms. The third-order valence-electron chi connectivity index (χ3n) is 6.10. The van der Waals surface area contributed by atoms with Crippen molar-refractivity contribution in [3.63, 3.8) is 0 Å². The highest BCUT2D eigenvalue weighted by molar-refractivity contribution is 6.04. The van der Waals surface area contributed by atoms with Gasteiger partial charge in [0.25, 0.3) is 5.91 Å². The van der Waals surface area contributed by atoms with Crippen molar-refractivity contribution in [3.8, 4) is 0 Å². The van der Waals surface area contributed by atoms with E-state index in [0.29, 0.717) is 30.3 Å². The Morgan fingerprint density at radius 3 is 2.57 bits per heavy atom. The Kier molecular flexibility index (Phi) is 10.4. The molecule has 0 spiro atoms. The first kappa shape index (κ1) is 28.4. The lowest BCUT2D eigenvalue weighted by atomic mass is 9.90. The summed E-state index contributed by atoms with van der Waals surface area (Å²) in [6.07, 6.45) is 2.17. The van der Waals surface area contributed by atoms with Crippen LogP contribution in [0.3, 0.4) is 0 Å². The van der Waals surface area contributed by atoms with Crippen LogP contribution >= 0.6 is 24.8 Å². The molecule has 0 saturated carbocycles. The number of carbonyl (C=O) groups excluding carboxylic acids is 2. The lowest BCUT2D eigenvalue weighted by Gasteiger charge is -2.30. The standard InChI is InChI=1S/C25H32N6O2.2ClH/c1-16(2)31-22-6-4-3-5-21(22)24(30-31)25(33)28-15-17-11-12-27-20(13-17)14-23(32)29-19-9-7-18(26)8-10-19;;/h3-10,16-17,20,27H,11-15,26H2,1-2H3,(H,28,33)(H,29,32);2*1H. The van der Waals surface area contributed by atoms with E-state index in [1.807, 2.05) is 28.9 Å². The number of aromatic nitrogens is 2. The molecule has 2 amide bonds. The molecule has 1 aliphatic rings. The van der Waals surface area contributed by atoms with Crippen LogP contribution in [0.1, 0.15) is 49.6 Å². The predicted molar refractivity (Wildman–Crippen MR) is 146 cm³/mol. The zero-order valence-electron chi connectivity index (χ0n) is 20.0. The van der Waals surface area contributed by atoms with Crippen molar-refractivity contribution < 1.29 is 9.59 Å². The number of hydrogen-bond acceptors (Lipinski definition) is 5. The number of hydrogen-bond donors (Lipinski definition) is 4. The number of nitrogens with two attached hydrogens (primary N) is 1. The molecular formula is C25H34Cl2N6O2. The molecule has 2 unspecified atom stereocenters. The minimum absolute atomic E-state index is 0. The van der Waals surface area contributed by atoms with E-state index in [4.69, 9.17) is 5.73 Å². The highest BCUT2D eigenvalue weighted by Gasteiger charge is 2.25. The zero-order valence-corrected chi connectivity index (χ0v) is 21.6. The van der Waals surface area contributed by atoms with Crippen LogP contribution in [-0.4, -0.2) is 40.7 Å². The first-order chi connectivity index (χ1) is 15.9. The van der Waals surface area contributed by atoms with Crippen LogP contribution in [0, 0.1) is 5.92 Å².